The fraction of sp³-hybridized carbons (Fsp3) is 0.676. The van der Waals surface area contributed by atoms with Crippen molar-refractivity contribution >= 4 is 17.9 Å². The molecule has 0 spiro atoms. The summed E-state index contributed by atoms with van der Waals surface area (Å²) in [7, 11) is 0. The highest BCUT2D eigenvalue weighted by atomic mass is 16.6. The van der Waals surface area contributed by atoms with Crippen molar-refractivity contribution in [1.82, 2.24) is 0 Å². The van der Waals surface area contributed by atoms with Crippen LogP contribution in [0.5, 0.6) is 0 Å². The van der Waals surface area contributed by atoms with Crippen molar-refractivity contribution in [2.45, 2.75) is 297 Å². The van der Waals surface area contributed by atoms with Gasteiger partial charge in [0.05, 0.1) is 0 Å². The molecule has 1 unspecified atom stereocenters. The zero-order valence-electron chi connectivity index (χ0n) is 50.2. The van der Waals surface area contributed by atoms with Crippen LogP contribution in [-0.2, 0) is 28.6 Å². The van der Waals surface area contributed by atoms with E-state index in [-0.39, 0.29) is 31.1 Å². The van der Waals surface area contributed by atoms with E-state index >= 15 is 0 Å². The molecule has 0 radical (unpaired) electrons. The summed E-state index contributed by atoms with van der Waals surface area (Å²) < 4.78 is 16.9. The first-order chi connectivity index (χ1) is 38.0. The zero-order valence-corrected chi connectivity index (χ0v) is 50.2. The molecule has 0 aromatic heterocycles. The van der Waals surface area contributed by atoms with Crippen LogP contribution in [0.3, 0.4) is 0 Å². The number of esters is 3. The highest BCUT2D eigenvalue weighted by Crippen LogP contribution is 2.16. The molecular formula is C71H118O6. The highest BCUT2D eigenvalue weighted by molar-refractivity contribution is 5.71. The second kappa shape index (κ2) is 64.3. The molecule has 0 aliphatic carbocycles. The van der Waals surface area contributed by atoms with Gasteiger partial charge in [-0.15, -0.1) is 0 Å². The molecule has 0 rings (SSSR count). The van der Waals surface area contributed by atoms with Crippen molar-refractivity contribution in [3.8, 4) is 0 Å². The minimum absolute atomic E-state index is 0.0983. The van der Waals surface area contributed by atoms with Gasteiger partial charge in [0.2, 0.25) is 0 Å². The van der Waals surface area contributed by atoms with Gasteiger partial charge >= 0.3 is 17.9 Å². The maximum atomic E-state index is 12.9. The molecule has 438 valence electrons. The number of rotatable bonds is 57. The molecule has 0 aliphatic rings. The molecule has 6 heteroatoms. The van der Waals surface area contributed by atoms with E-state index in [2.05, 4.69) is 142 Å². The first-order valence-corrected chi connectivity index (χ1v) is 32.0. The van der Waals surface area contributed by atoms with Gasteiger partial charge in [-0.05, 0) is 109 Å². The van der Waals surface area contributed by atoms with Crippen molar-refractivity contribution in [2.75, 3.05) is 13.2 Å². The van der Waals surface area contributed by atoms with Crippen LogP contribution in [0.4, 0.5) is 0 Å². The molecule has 0 bridgehead atoms. The summed E-state index contributed by atoms with van der Waals surface area (Å²) in [6, 6.07) is 0. The average Bonchev–Trinajstić information content (AvgIpc) is 3.43. The van der Waals surface area contributed by atoms with Crippen molar-refractivity contribution in [3.05, 3.63) is 122 Å². The normalized spacial score (nSPS) is 12.9. The Bertz CT molecular complexity index is 1600. The summed E-state index contributed by atoms with van der Waals surface area (Å²) in [5.74, 6) is -0.938. The number of hydrogen-bond donors (Lipinski definition) is 0. The summed E-state index contributed by atoms with van der Waals surface area (Å²) in [5.41, 5.74) is 0. The van der Waals surface area contributed by atoms with E-state index in [1.54, 1.807) is 0 Å². The molecular weight excluding hydrogens is 949 g/mol. The topological polar surface area (TPSA) is 78.9 Å². The number of ether oxygens (including phenoxy) is 3. The summed E-state index contributed by atoms with van der Waals surface area (Å²) in [6.45, 7) is 6.39. The molecule has 77 heavy (non-hydrogen) atoms. The third kappa shape index (κ3) is 62.5. The van der Waals surface area contributed by atoms with E-state index in [4.69, 9.17) is 14.2 Å². The van der Waals surface area contributed by atoms with E-state index in [0.717, 1.165) is 148 Å². The van der Waals surface area contributed by atoms with E-state index in [0.29, 0.717) is 19.3 Å². The lowest BCUT2D eigenvalue weighted by Crippen LogP contribution is -2.30. The first kappa shape index (κ1) is 72.8. The third-order valence-electron chi connectivity index (χ3n) is 13.5. The molecule has 0 heterocycles. The van der Waals surface area contributed by atoms with Gasteiger partial charge in [0.15, 0.2) is 6.10 Å². The van der Waals surface area contributed by atoms with Gasteiger partial charge in [-0.25, -0.2) is 0 Å². The van der Waals surface area contributed by atoms with Gasteiger partial charge < -0.3 is 14.2 Å². The van der Waals surface area contributed by atoms with Gasteiger partial charge in [-0.2, -0.15) is 0 Å². The van der Waals surface area contributed by atoms with Gasteiger partial charge in [0.1, 0.15) is 13.2 Å². The van der Waals surface area contributed by atoms with Crippen LogP contribution < -0.4 is 0 Å². The van der Waals surface area contributed by atoms with Gasteiger partial charge in [-0.3, -0.25) is 14.4 Å². The van der Waals surface area contributed by atoms with Crippen LogP contribution in [0.2, 0.25) is 0 Å². The molecule has 0 aromatic rings. The minimum Gasteiger partial charge on any atom is -0.462 e. The maximum Gasteiger partial charge on any atom is 0.306 e. The molecule has 1 atom stereocenters. The molecule has 0 amide bonds. The predicted molar refractivity (Wildman–Crippen MR) is 334 cm³/mol. The molecule has 0 aliphatic heterocycles. The first-order valence-electron chi connectivity index (χ1n) is 32.0. The number of hydrogen-bond acceptors (Lipinski definition) is 6. The average molecular weight is 1070 g/mol. The SMILES string of the molecule is CC/C=C\C/C=C\C/C=C\C/C=C\C/C=C\C/C=C\C/C=C\CCCCCCCC(=O)OCC(COC(=O)CCCCC/C=C\C/C=C\C/C=C\CC)OC(=O)CCCCCCCCCCCCCCCCCCCCC. The molecule has 0 saturated heterocycles. The lowest BCUT2D eigenvalue weighted by molar-refractivity contribution is -0.167. The third-order valence-corrected chi connectivity index (χ3v) is 13.5. The summed E-state index contributed by atoms with van der Waals surface area (Å²) >= 11 is 0. The quantitative estimate of drug-likeness (QED) is 0.0261. The molecule has 6 nitrogen and oxygen atoms in total. The lowest BCUT2D eigenvalue weighted by atomic mass is 10.0. The van der Waals surface area contributed by atoms with Gasteiger partial charge in [0, 0.05) is 19.3 Å². The monoisotopic (exact) mass is 1070 g/mol. The lowest BCUT2D eigenvalue weighted by Gasteiger charge is -2.18. The van der Waals surface area contributed by atoms with Crippen molar-refractivity contribution in [2.24, 2.45) is 0 Å². The number of unbranched alkanes of at least 4 members (excludes halogenated alkanes) is 26. The van der Waals surface area contributed by atoms with Crippen molar-refractivity contribution in [3.63, 3.8) is 0 Å². The van der Waals surface area contributed by atoms with Crippen LogP contribution in [0.15, 0.2) is 122 Å². The summed E-state index contributed by atoms with van der Waals surface area (Å²) in [5, 5.41) is 0. The van der Waals surface area contributed by atoms with Gasteiger partial charge in [-0.1, -0.05) is 284 Å². The van der Waals surface area contributed by atoms with Crippen LogP contribution in [0, 0.1) is 0 Å². The number of carbonyl (C=O) groups is 3. The van der Waals surface area contributed by atoms with Crippen molar-refractivity contribution in [1.29, 1.82) is 0 Å². The molecule has 0 aromatic carbocycles. The minimum atomic E-state index is -0.801. The smallest absolute Gasteiger partial charge is 0.306 e. The Labute approximate surface area is 475 Å². The second-order valence-electron chi connectivity index (χ2n) is 20.9. The Morgan fingerprint density at radius 3 is 0.805 bits per heavy atom. The Morgan fingerprint density at radius 1 is 0.273 bits per heavy atom. The molecule has 0 saturated carbocycles. The van der Waals surface area contributed by atoms with E-state index in [9.17, 15) is 14.4 Å². The number of carbonyl (C=O) groups excluding carboxylic acids is 3. The number of allylic oxidation sites excluding steroid dienone is 20. The predicted octanol–water partition coefficient (Wildman–Crippen LogP) is 22.0. The van der Waals surface area contributed by atoms with Crippen LogP contribution in [-0.4, -0.2) is 37.2 Å². The largest absolute Gasteiger partial charge is 0.462 e. The van der Waals surface area contributed by atoms with E-state index in [1.165, 1.54) is 103 Å². The second-order valence-corrected chi connectivity index (χ2v) is 20.9. The van der Waals surface area contributed by atoms with Crippen LogP contribution in [0.25, 0.3) is 0 Å². The Hall–Kier alpha value is -4.19. The van der Waals surface area contributed by atoms with Crippen molar-refractivity contribution < 1.29 is 28.6 Å². The Balaban J connectivity index is 4.39. The molecule has 0 N–H and O–H groups in total. The Morgan fingerprint density at radius 2 is 0.506 bits per heavy atom. The maximum absolute atomic E-state index is 12.9. The van der Waals surface area contributed by atoms with E-state index < -0.39 is 6.10 Å². The highest BCUT2D eigenvalue weighted by Gasteiger charge is 2.19. The molecule has 0 fully saturated rings. The zero-order chi connectivity index (χ0) is 55.7. The summed E-state index contributed by atoms with van der Waals surface area (Å²) in [6.07, 6.45) is 89.2. The summed E-state index contributed by atoms with van der Waals surface area (Å²) in [4.78, 5) is 38.3. The fourth-order valence-electron chi connectivity index (χ4n) is 8.73. The van der Waals surface area contributed by atoms with E-state index in [1.807, 2.05) is 0 Å². The van der Waals surface area contributed by atoms with Gasteiger partial charge in [0.25, 0.3) is 0 Å². The fourth-order valence-corrected chi connectivity index (χ4v) is 8.73. The Kier molecular flexibility index (Phi) is 60.8. The van der Waals surface area contributed by atoms with Crippen LogP contribution in [0.1, 0.15) is 290 Å². The standard InChI is InChI=1S/C71H118O6/c1-4-7-10-13-16-19-22-25-27-29-31-32-33-34-35-36-37-38-40-41-43-46-49-52-55-58-61-64-70(73)76-67-68(66-75-69(72)63-60-57-54-51-48-45-24-21-18-15-12-9-6-3)77-71(74)65-62-59-56-53-50-47-44-42-39-30-28-26-23-20-17-14-11-8-5-2/h7,9-10,12,16,18-19,21,25,27,31-32,34-35,37-38,41,43,45,48,68H,4-6,8,11,13-15,17,20,22-24,26,28-30,33,36,39-40,42,44,46-47,49-67H2,1-3H3/b10-7-,12-9-,19-16-,21-18-,27-25-,32-31-,35-34-,38-37-,43-41-,48-45-. The van der Waals surface area contributed by atoms with Crippen LogP contribution >= 0.6 is 0 Å².